The maximum Gasteiger partial charge on any atom is 0.250 e. The molecule has 3 rings (SSSR count). The molecule has 128 valence electrons. The maximum atomic E-state index is 12.5. The number of aromatic amines is 1. The molecule has 1 atom stereocenters. The highest BCUT2D eigenvalue weighted by atomic mass is 16.6. The summed E-state index contributed by atoms with van der Waals surface area (Å²) in [5.41, 5.74) is 1.69. The van der Waals surface area contributed by atoms with E-state index in [1.807, 2.05) is 0 Å². The van der Waals surface area contributed by atoms with Crippen molar-refractivity contribution in [1.29, 1.82) is 0 Å². The second-order valence-corrected chi connectivity index (χ2v) is 5.86. The fourth-order valence-corrected chi connectivity index (χ4v) is 2.71. The van der Waals surface area contributed by atoms with E-state index in [0.29, 0.717) is 49.8 Å². The van der Waals surface area contributed by atoms with E-state index in [1.54, 1.807) is 11.8 Å². The van der Waals surface area contributed by atoms with Gasteiger partial charge in [-0.15, -0.1) is 0 Å². The van der Waals surface area contributed by atoms with Crippen molar-refractivity contribution in [3.8, 4) is 0 Å². The van der Waals surface area contributed by atoms with E-state index in [-0.39, 0.29) is 23.8 Å². The van der Waals surface area contributed by atoms with Gasteiger partial charge in [0.2, 0.25) is 5.91 Å². The number of nitrogens with one attached hydrogen (secondary N) is 1. The second kappa shape index (κ2) is 7.35. The molecule has 24 heavy (non-hydrogen) atoms. The van der Waals surface area contributed by atoms with Gasteiger partial charge in [-0.25, -0.2) is 9.61 Å². The summed E-state index contributed by atoms with van der Waals surface area (Å²) in [5.74, 6) is 0.0467. The van der Waals surface area contributed by atoms with Crippen molar-refractivity contribution in [3.05, 3.63) is 39.8 Å². The van der Waals surface area contributed by atoms with Gasteiger partial charge in [-0.3, -0.25) is 9.59 Å². The van der Waals surface area contributed by atoms with Gasteiger partial charge in [-0.05, 0) is 13.3 Å². The van der Waals surface area contributed by atoms with E-state index >= 15 is 0 Å². The smallest absolute Gasteiger partial charge is 0.250 e. The van der Waals surface area contributed by atoms with E-state index in [9.17, 15) is 9.59 Å². The lowest BCUT2D eigenvalue weighted by Gasteiger charge is -2.23. The summed E-state index contributed by atoms with van der Waals surface area (Å²) in [5, 5.41) is 7.45. The topological polar surface area (TPSA) is 114 Å². The average Bonchev–Trinajstić information content (AvgIpc) is 2.81. The summed E-state index contributed by atoms with van der Waals surface area (Å²) in [7, 11) is 0. The number of H-pyrrole nitrogens is 1. The first-order valence-corrected chi connectivity index (χ1v) is 7.79. The van der Waals surface area contributed by atoms with Gasteiger partial charge in [0.15, 0.2) is 0 Å². The van der Waals surface area contributed by atoms with Gasteiger partial charge in [0, 0.05) is 30.8 Å². The molecule has 1 fully saturated rings. The van der Waals surface area contributed by atoms with Crippen LogP contribution in [0.3, 0.4) is 0 Å². The Morgan fingerprint density at radius 1 is 1.46 bits per heavy atom. The predicted octanol–water partition coefficient (Wildman–Crippen LogP) is -0.278. The Kier molecular flexibility index (Phi) is 4.99. The standard InChI is InChI=1S/C15H19N5O4/c1-10-13(19-24-18-10)6-15(22)20-2-3-23-8-11(7-20)4-12-5-14(21)17-9-16-12/h5,9,11H,2-4,6-8H2,1H3,(H,16,17,21)/t11-/m0/s1. The zero-order chi connectivity index (χ0) is 16.9. The molecule has 1 aliphatic rings. The summed E-state index contributed by atoms with van der Waals surface area (Å²) in [6.45, 7) is 3.86. The number of aromatic nitrogens is 4. The first-order chi connectivity index (χ1) is 11.6. The quantitative estimate of drug-likeness (QED) is 0.818. The highest BCUT2D eigenvalue weighted by molar-refractivity contribution is 5.78. The Morgan fingerprint density at radius 2 is 2.33 bits per heavy atom. The van der Waals surface area contributed by atoms with Crippen LogP contribution in [0.4, 0.5) is 0 Å². The van der Waals surface area contributed by atoms with E-state index in [4.69, 9.17) is 4.74 Å². The lowest BCUT2D eigenvalue weighted by molar-refractivity contribution is -0.131. The summed E-state index contributed by atoms with van der Waals surface area (Å²) in [6, 6.07) is 1.47. The van der Waals surface area contributed by atoms with Crippen LogP contribution in [0.25, 0.3) is 0 Å². The fraction of sp³-hybridized carbons (Fsp3) is 0.533. The summed E-state index contributed by atoms with van der Waals surface area (Å²) < 4.78 is 10.2. The molecule has 9 heteroatoms. The highest BCUT2D eigenvalue weighted by Crippen LogP contribution is 2.13. The van der Waals surface area contributed by atoms with Crippen molar-refractivity contribution in [2.24, 2.45) is 5.92 Å². The summed E-state index contributed by atoms with van der Waals surface area (Å²) >= 11 is 0. The van der Waals surface area contributed by atoms with Gasteiger partial charge in [0.1, 0.15) is 11.4 Å². The van der Waals surface area contributed by atoms with Crippen LogP contribution < -0.4 is 5.56 Å². The second-order valence-electron chi connectivity index (χ2n) is 5.86. The molecule has 0 radical (unpaired) electrons. The third-order valence-electron chi connectivity index (χ3n) is 3.99. The number of carbonyl (C=O) groups excluding carboxylic acids is 1. The maximum absolute atomic E-state index is 12.5. The molecule has 9 nitrogen and oxygen atoms in total. The first kappa shape index (κ1) is 16.3. The number of hydrogen-bond donors (Lipinski definition) is 1. The normalized spacial score (nSPS) is 18.4. The van der Waals surface area contributed by atoms with Crippen LogP contribution in [0.15, 0.2) is 21.8 Å². The van der Waals surface area contributed by atoms with Crippen molar-refractivity contribution < 1.29 is 14.2 Å². The van der Waals surface area contributed by atoms with Gasteiger partial charge in [-0.1, -0.05) is 10.3 Å². The number of amides is 1. The Balaban J connectivity index is 1.64. The predicted molar refractivity (Wildman–Crippen MR) is 82.2 cm³/mol. The van der Waals surface area contributed by atoms with Crippen molar-refractivity contribution in [2.75, 3.05) is 26.3 Å². The van der Waals surface area contributed by atoms with Crippen LogP contribution in [0, 0.1) is 12.8 Å². The molecule has 3 heterocycles. The molecule has 0 saturated carbocycles. The Bertz CT molecular complexity index is 756. The average molecular weight is 333 g/mol. The van der Waals surface area contributed by atoms with Crippen LogP contribution in [0.1, 0.15) is 17.1 Å². The van der Waals surface area contributed by atoms with E-state index in [0.717, 1.165) is 0 Å². The van der Waals surface area contributed by atoms with Crippen molar-refractivity contribution in [2.45, 2.75) is 19.8 Å². The molecule has 0 spiro atoms. The third-order valence-corrected chi connectivity index (χ3v) is 3.99. The van der Waals surface area contributed by atoms with Crippen LogP contribution in [0.5, 0.6) is 0 Å². The molecule has 0 aliphatic carbocycles. The van der Waals surface area contributed by atoms with E-state index in [1.165, 1.54) is 12.4 Å². The SMILES string of the molecule is Cc1nonc1CC(=O)N1CCOC[C@@H](Cc2cc(=O)[nH]cn2)C1. The number of ether oxygens (including phenoxy) is 1. The van der Waals surface area contributed by atoms with Gasteiger partial charge in [-0.2, -0.15) is 0 Å². The van der Waals surface area contributed by atoms with Gasteiger partial charge in [0.25, 0.3) is 5.56 Å². The van der Waals surface area contributed by atoms with Crippen molar-refractivity contribution >= 4 is 5.91 Å². The molecule has 1 amide bonds. The fourth-order valence-electron chi connectivity index (χ4n) is 2.71. The number of hydrogen-bond acceptors (Lipinski definition) is 7. The molecule has 1 N–H and O–H groups in total. The molecule has 0 bridgehead atoms. The summed E-state index contributed by atoms with van der Waals surface area (Å²) in [4.78, 5) is 32.3. The van der Waals surface area contributed by atoms with Crippen LogP contribution >= 0.6 is 0 Å². The monoisotopic (exact) mass is 333 g/mol. The Labute approximate surface area is 138 Å². The minimum Gasteiger partial charge on any atom is -0.379 e. The first-order valence-electron chi connectivity index (χ1n) is 7.79. The van der Waals surface area contributed by atoms with Gasteiger partial charge < -0.3 is 14.6 Å². The van der Waals surface area contributed by atoms with Crippen molar-refractivity contribution in [3.63, 3.8) is 0 Å². The van der Waals surface area contributed by atoms with Crippen molar-refractivity contribution in [1.82, 2.24) is 25.2 Å². The van der Waals surface area contributed by atoms with Crippen LogP contribution in [0.2, 0.25) is 0 Å². The zero-order valence-electron chi connectivity index (χ0n) is 13.4. The van der Waals surface area contributed by atoms with Gasteiger partial charge in [0.05, 0.1) is 26.0 Å². The minimum absolute atomic E-state index is 0.0387. The number of rotatable bonds is 4. The van der Waals surface area contributed by atoms with E-state index in [2.05, 4.69) is 24.9 Å². The van der Waals surface area contributed by atoms with Crippen LogP contribution in [-0.4, -0.2) is 57.4 Å². The third kappa shape index (κ3) is 4.05. The van der Waals surface area contributed by atoms with E-state index < -0.39 is 0 Å². The molecule has 2 aromatic heterocycles. The number of aryl methyl sites for hydroxylation is 1. The minimum atomic E-state index is -0.184. The molecule has 1 saturated heterocycles. The number of carbonyl (C=O) groups is 1. The molecule has 0 unspecified atom stereocenters. The lowest BCUT2D eigenvalue weighted by atomic mass is 10.0. The molecule has 0 aromatic carbocycles. The Hall–Kier alpha value is -2.55. The van der Waals surface area contributed by atoms with Crippen LogP contribution in [-0.2, 0) is 22.4 Å². The Morgan fingerprint density at radius 3 is 3.08 bits per heavy atom. The number of nitrogens with zero attached hydrogens (tertiary/aromatic N) is 4. The zero-order valence-corrected chi connectivity index (χ0v) is 13.4. The largest absolute Gasteiger partial charge is 0.379 e. The molecule has 2 aromatic rings. The van der Waals surface area contributed by atoms with Gasteiger partial charge >= 0.3 is 0 Å². The summed E-state index contributed by atoms with van der Waals surface area (Å²) in [6.07, 6.45) is 2.13. The molecule has 1 aliphatic heterocycles. The lowest BCUT2D eigenvalue weighted by Crippen LogP contribution is -2.37. The molecular weight excluding hydrogens is 314 g/mol. The molecular formula is C15H19N5O4. The highest BCUT2D eigenvalue weighted by Gasteiger charge is 2.24.